The standard InChI is InChI=1S/C7H6N2O5S/c8-9-5-3-1-2-4(7(10)11)6(5)15(12,13)14/h1-3,6H,(H,10,11)(H,12,13,14). The van der Waals surface area contributed by atoms with Crippen molar-refractivity contribution in [3.63, 3.8) is 0 Å². The summed E-state index contributed by atoms with van der Waals surface area (Å²) in [5, 5.41) is 6.81. The molecule has 1 atom stereocenters. The molecule has 0 aromatic carbocycles. The van der Waals surface area contributed by atoms with E-state index in [2.05, 4.69) is 4.79 Å². The van der Waals surface area contributed by atoms with Crippen LogP contribution in [0.4, 0.5) is 0 Å². The highest BCUT2D eigenvalue weighted by Gasteiger charge is 2.41. The molecule has 7 nitrogen and oxygen atoms in total. The fourth-order valence-electron chi connectivity index (χ4n) is 1.17. The van der Waals surface area contributed by atoms with Gasteiger partial charge >= 0.3 is 11.7 Å². The average molecular weight is 230 g/mol. The molecule has 1 rings (SSSR count). The number of hydrogen-bond acceptors (Lipinski definition) is 3. The van der Waals surface area contributed by atoms with Crippen LogP contribution < -0.4 is 0 Å². The number of nitrogens with zero attached hydrogens (tertiary/aromatic N) is 2. The molecular weight excluding hydrogens is 224 g/mol. The second-order valence-corrected chi connectivity index (χ2v) is 4.21. The number of rotatable bonds is 2. The van der Waals surface area contributed by atoms with E-state index >= 15 is 0 Å². The molecule has 0 spiro atoms. The maximum atomic E-state index is 10.9. The Labute approximate surface area is 84.7 Å². The molecule has 1 unspecified atom stereocenters. The summed E-state index contributed by atoms with van der Waals surface area (Å²) in [6.45, 7) is 0. The molecule has 1 aliphatic carbocycles. The van der Waals surface area contributed by atoms with Crippen LogP contribution in [0.25, 0.3) is 5.53 Å². The first-order chi connectivity index (χ1) is 6.88. The monoisotopic (exact) mass is 230 g/mol. The van der Waals surface area contributed by atoms with Gasteiger partial charge in [-0.15, -0.1) is 0 Å². The van der Waals surface area contributed by atoms with E-state index in [4.69, 9.17) is 15.2 Å². The molecule has 0 radical (unpaired) electrons. The summed E-state index contributed by atoms with van der Waals surface area (Å²) in [7, 11) is -4.67. The number of carboxylic acid groups (broad SMARTS) is 1. The SMILES string of the molecule is [N-]=[N+]=C1C=CC=C(C(=O)O)C1S(=O)(=O)O. The summed E-state index contributed by atoms with van der Waals surface area (Å²) in [5.74, 6) is -1.51. The largest absolute Gasteiger partial charge is 0.478 e. The van der Waals surface area contributed by atoms with Crippen LogP contribution in [0.3, 0.4) is 0 Å². The third-order valence-corrected chi connectivity index (χ3v) is 2.85. The maximum absolute atomic E-state index is 10.9. The highest BCUT2D eigenvalue weighted by molar-refractivity contribution is 7.87. The lowest BCUT2D eigenvalue weighted by atomic mass is 10.0. The highest BCUT2D eigenvalue weighted by atomic mass is 32.2. The van der Waals surface area contributed by atoms with Gasteiger partial charge in [0.25, 0.3) is 10.1 Å². The van der Waals surface area contributed by atoms with Crippen LogP contribution >= 0.6 is 0 Å². The summed E-state index contributed by atoms with van der Waals surface area (Å²) in [6, 6.07) is 0. The Morgan fingerprint density at radius 1 is 1.53 bits per heavy atom. The third-order valence-electron chi connectivity index (χ3n) is 1.75. The number of carbonyl (C=O) groups is 1. The summed E-state index contributed by atoms with van der Waals surface area (Å²) in [5.41, 5.74) is 7.44. The van der Waals surface area contributed by atoms with E-state index in [0.29, 0.717) is 0 Å². The molecule has 0 saturated carbocycles. The molecule has 0 amide bonds. The zero-order chi connectivity index (χ0) is 11.6. The van der Waals surface area contributed by atoms with Crippen molar-refractivity contribution in [3.05, 3.63) is 29.3 Å². The minimum absolute atomic E-state index is 0.447. The minimum atomic E-state index is -4.67. The van der Waals surface area contributed by atoms with Crippen molar-refractivity contribution in [3.8, 4) is 0 Å². The van der Waals surface area contributed by atoms with E-state index in [0.717, 1.165) is 12.2 Å². The average Bonchev–Trinajstić information content (AvgIpc) is 2.15. The van der Waals surface area contributed by atoms with Crippen LogP contribution in [0, 0.1) is 0 Å². The molecule has 0 bridgehead atoms. The van der Waals surface area contributed by atoms with Crippen LogP contribution in [-0.4, -0.2) is 39.8 Å². The van der Waals surface area contributed by atoms with Crippen molar-refractivity contribution in [2.75, 3.05) is 0 Å². The Morgan fingerprint density at radius 2 is 2.13 bits per heavy atom. The van der Waals surface area contributed by atoms with Gasteiger partial charge in [0, 0.05) is 6.08 Å². The molecule has 0 heterocycles. The van der Waals surface area contributed by atoms with Gasteiger partial charge < -0.3 is 10.6 Å². The lowest BCUT2D eigenvalue weighted by Gasteiger charge is -2.11. The van der Waals surface area contributed by atoms with Crippen molar-refractivity contribution >= 4 is 21.8 Å². The molecule has 8 heteroatoms. The molecule has 80 valence electrons. The number of allylic oxidation sites excluding steroid dienone is 3. The predicted molar refractivity (Wildman–Crippen MR) is 48.8 cm³/mol. The lowest BCUT2D eigenvalue weighted by Crippen LogP contribution is -2.35. The van der Waals surface area contributed by atoms with Crippen LogP contribution in [0.5, 0.6) is 0 Å². The Bertz CT molecular complexity index is 509. The van der Waals surface area contributed by atoms with Crippen LogP contribution in [0.1, 0.15) is 0 Å². The number of aliphatic carboxylic acids is 1. The van der Waals surface area contributed by atoms with Gasteiger partial charge in [0.05, 0.1) is 5.57 Å². The third kappa shape index (κ3) is 2.18. The van der Waals surface area contributed by atoms with Gasteiger partial charge in [0.1, 0.15) is 0 Å². The molecule has 15 heavy (non-hydrogen) atoms. The molecule has 0 aliphatic heterocycles. The highest BCUT2D eigenvalue weighted by Crippen LogP contribution is 2.17. The van der Waals surface area contributed by atoms with Gasteiger partial charge in [0.2, 0.25) is 5.25 Å². The minimum Gasteiger partial charge on any atom is -0.478 e. The normalized spacial score (nSPS) is 20.7. The fraction of sp³-hybridized carbons (Fsp3) is 0.143. The zero-order valence-electron chi connectivity index (χ0n) is 7.23. The first-order valence-corrected chi connectivity index (χ1v) is 5.18. The van der Waals surface area contributed by atoms with Crippen molar-refractivity contribution < 1.29 is 27.7 Å². The van der Waals surface area contributed by atoms with Crippen molar-refractivity contribution in [1.29, 1.82) is 0 Å². The summed E-state index contributed by atoms with van der Waals surface area (Å²) < 4.78 is 30.6. The summed E-state index contributed by atoms with van der Waals surface area (Å²) in [6.07, 6.45) is 3.31. The quantitative estimate of drug-likeness (QED) is 0.375. The van der Waals surface area contributed by atoms with E-state index in [1.54, 1.807) is 0 Å². The van der Waals surface area contributed by atoms with E-state index in [9.17, 15) is 13.2 Å². The maximum Gasteiger partial charge on any atom is 0.333 e. The molecule has 0 aromatic rings. The van der Waals surface area contributed by atoms with E-state index in [1.807, 2.05) is 0 Å². The number of carboxylic acids is 1. The van der Waals surface area contributed by atoms with Crippen LogP contribution in [-0.2, 0) is 14.9 Å². The Kier molecular flexibility index (Phi) is 2.85. The molecule has 0 aromatic heterocycles. The Hall–Kier alpha value is -1.76. The van der Waals surface area contributed by atoms with Gasteiger partial charge in [-0.25, -0.2) is 4.79 Å². The van der Waals surface area contributed by atoms with Gasteiger partial charge in [0.15, 0.2) is 0 Å². The Morgan fingerprint density at radius 3 is 2.53 bits per heavy atom. The van der Waals surface area contributed by atoms with E-state index < -0.39 is 32.6 Å². The first kappa shape index (κ1) is 11.3. The Balaban J connectivity index is 3.41. The molecule has 1 aliphatic rings. The summed E-state index contributed by atoms with van der Waals surface area (Å²) in [4.78, 5) is 13.3. The van der Waals surface area contributed by atoms with Gasteiger partial charge in [-0.1, -0.05) is 6.08 Å². The van der Waals surface area contributed by atoms with E-state index in [-0.39, 0.29) is 0 Å². The molecule has 0 saturated heterocycles. The second kappa shape index (κ2) is 3.77. The molecule has 2 N–H and O–H groups in total. The summed E-state index contributed by atoms with van der Waals surface area (Å²) >= 11 is 0. The van der Waals surface area contributed by atoms with Gasteiger partial charge in [-0.3, -0.25) is 4.55 Å². The lowest BCUT2D eigenvalue weighted by molar-refractivity contribution is -0.132. The van der Waals surface area contributed by atoms with Gasteiger partial charge in [-0.05, 0) is 6.08 Å². The smallest absolute Gasteiger partial charge is 0.333 e. The van der Waals surface area contributed by atoms with E-state index in [1.165, 1.54) is 6.08 Å². The van der Waals surface area contributed by atoms with Crippen molar-refractivity contribution in [2.24, 2.45) is 0 Å². The topological polar surface area (TPSA) is 128 Å². The van der Waals surface area contributed by atoms with Gasteiger partial charge in [-0.2, -0.15) is 13.2 Å². The van der Waals surface area contributed by atoms with Crippen LogP contribution in [0.2, 0.25) is 0 Å². The second-order valence-electron chi connectivity index (χ2n) is 2.71. The predicted octanol–water partition coefficient (Wildman–Crippen LogP) is -0.506. The fourth-order valence-corrected chi connectivity index (χ4v) is 2.10. The zero-order valence-corrected chi connectivity index (χ0v) is 8.05. The number of hydrogen-bond donors (Lipinski definition) is 2. The van der Waals surface area contributed by atoms with Crippen molar-refractivity contribution in [2.45, 2.75) is 5.25 Å². The van der Waals surface area contributed by atoms with Crippen molar-refractivity contribution in [1.82, 2.24) is 0 Å². The first-order valence-electron chi connectivity index (χ1n) is 3.67. The molecule has 0 fully saturated rings. The van der Waals surface area contributed by atoms with Crippen LogP contribution in [0.15, 0.2) is 23.8 Å². The molecular formula is C7H6N2O5S.